The number of benzene rings is 2. The van der Waals surface area contributed by atoms with Gasteiger partial charge in [0.05, 0.1) is 0 Å². The first-order valence-corrected chi connectivity index (χ1v) is 7.85. The van der Waals surface area contributed by atoms with Crippen LogP contribution in [0.5, 0.6) is 0 Å². The van der Waals surface area contributed by atoms with Crippen molar-refractivity contribution in [1.82, 2.24) is 10.6 Å². The summed E-state index contributed by atoms with van der Waals surface area (Å²) in [5.41, 5.74) is 1.29. The van der Waals surface area contributed by atoms with Crippen LogP contribution in [0.1, 0.15) is 26.3 Å². The molecule has 2 aromatic carbocycles. The molecule has 0 saturated heterocycles. The molecule has 4 nitrogen and oxygen atoms in total. The number of amides is 2. The summed E-state index contributed by atoms with van der Waals surface area (Å²) in [6.07, 6.45) is 0. The Hall–Kier alpha value is -2.21. The second-order valence-corrected chi connectivity index (χ2v) is 5.90. The van der Waals surface area contributed by atoms with Gasteiger partial charge in [0.25, 0.3) is 11.8 Å². The fourth-order valence-electron chi connectivity index (χ4n) is 1.89. The van der Waals surface area contributed by atoms with Gasteiger partial charge in [-0.25, -0.2) is 4.39 Å². The van der Waals surface area contributed by atoms with Gasteiger partial charge in [-0.1, -0.05) is 22.0 Å². The van der Waals surface area contributed by atoms with E-state index < -0.39 is 5.82 Å². The van der Waals surface area contributed by atoms with Crippen LogP contribution in [0.2, 0.25) is 0 Å². The molecule has 0 saturated carbocycles. The Bertz CT molecular complexity index is 717. The third kappa shape index (κ3) is 4.89. The van der Waals surface area contributed by atoms with Gasteiger partial charge in [0.1, 0.15) is 5.82 Å². The van der Waals surface area contributed by atoms with Gasteiger partial charge < -0.3 is 10.6 Å². The minimum absolute atomic E-state index is 0.215. The lowest BCUT2D eigenvalue weighted by atomic mass is 10.1. The van der Waals surface area contributed by atoms with Gasteiger partial charge in [-0.05, 0) is 48.9 Å². The van der Waals surface area contributed by atoms with Crippen molar-refractivity contribution in [3.8, 4) is 0 Å². The average Bonchev–Trinajstić information content (AvgIpc) is 2.54. The van der Waals surface area contributed by atoms with Crippen LogP contribution in [0.25, 0.3) is 0 Å². The Morgan fingerprint density at radius 3 is 2.04 bits per heavy atom. The number of carbonyl (C=O) groups is 2. The summed E-state index contributed by atoms with van der Waals surface area (Å²) in [7, 11) is 0. The van der Waals surface area contributed by atoms with Crippen LogP contribution >= 0.6 is 15.9 Å². The highest BCUT2D eigenvalue weighted by molar-refractivity contribution is 9.10. The van der Waals surface area contributed by atoms with E-state index in [9.17, 15) is 14.0 Å². The maximum absolute atomic E-state index is 13.4. The van der Waals surface area contributed by atoms with E-state index in [1.807, 2.05) is 0 Å². The molecule has 23 heavy (non-hydrogen) atoms. The molecule has 0 radical (unpaired) electrons. The van der Waals surface area contributed by atoms with Gasteiger partial charge >= 0.3 is 0 Å². The van der Waals surface area contributed by atoms with Crippen molar-refractivity contribution in [1.29, 1.82) is 0 Å². The van der Waals surface area contributed by atoms with E-state index in [1.165, 1.54) is 6.07 Å². The average molecular weight is 379 g/mol. The largest absolute Gasteiger partial charge is 0.350 e. The van der Waals surface area contributed by atoms with Crippen LogP contribution in [-0.2, 0) is 0 Å². The van der Waals surface area contributed by atoms with Crippen molar-refractivity contribution in [3.05, 3.63) is 69.4 Å². The molecule has 2 N–H and O–H groups in total. The SMILES string of the molecule is Cc1ccc(C(=O)NCCNC(=O)c2ccc(Br)cc2)cc1F. The van der Waals surface area contributed by atoms with Crippen molar-refractivity contribution >= 4 is 27.7 Å². The zero-order valence-corrected chi connectivity index (χ0v) is 14.1. The van der Waals surface area contributed by atoms with Crippen LogP contribution < -0.4 is 10.6 Å². The summed E-state index contributed by atoms with van der Waals surface area (Å²) in [6, 6.07) is 11.3. The van der Waals surface area contributed by atoms with Crippen molar-refractivity contribution in [3.63, 3.8) is 0 Å². The summed E-state index contributed by atoms with van der Waals surface area (Å²) in [4.78, 5) is 23.7. The summed E-state index contributed by atoms with van der Waals surface area (Å²) in [5.74, 6) is -1.00. The predicted octanol–water partition coefficient (Wildman–Crippen LogP) is 3.06. The number of hydrogen-bond donors (Lipinski definition) is 2. The molecule has 0 fully saturated rings. The quantitative estimate of drug-likeness (QED) is 0.785. The molecule has 0 atom stereocenters. The Morgan fingerprint density at radius 2 is 1.48 bits per heavy atom. The van der Waals surface area contributed by atoms with Crippen LogP contribution in [0.4, 0.5) is 4.39 Å². The van der Waals surface area contributed by atoms with E-state index in [1.54, 1.807) is 43.3 Å². The van der Waals surface area contributed by atoms with E-state index in [0.29, 0.717) is 11.1 Å². The van der Waals surface area contributed by atoms with Crippen molar-refractivity contribution < 1.29 is 14.0 Å². The fourth-order valence-corrected chi connectivity index (χ4v) is 2.16. The molecule has 0 aliphatic rings. The molecule has 0 aliphatic carbocycles. The molecule has 120 valence electrons. The van der Waals surface area contributed by atoms with Gasteiger partial charge in [-0.3, -0.25) is 9.59 Å². The first kappa shape index (κ1) is 17.1. The first-order valence-electron chi connectivity index (χ1n) is 7.05. The molecule has 0 unspecified atom stereocenters. The van der Waals surface area contributed by atoms with Gasteiger partial charge in [0.15, 0.2) is 0 Å². The molecule has 0 bridgehead atoms. The van der Waals surface area contributed by atoms with Crippen LogP contribution in [0, 0.1) is 12.7 Å². The number of nitrogens with one attached hydrogen (secondary N) is 2. The van der Waals surface area contributed by atoms with Crippen LogP contribution in [-0.4, -0.2) is 24.9 Å². The molecule has 0 spiro atoms. The van der Waals surface area contributed by atoms with Crippen LogP contribution in [0.15, 0.2) is 46.9 Å². The molecular weight excluding hydrogens is 363 g/mol. The smallest absolute Gasteiger partial charge is 0.251 e. The molecule has 2 amide bonds. The maximum atomic E-state index is 13.4. The highest BCUT2D eigenvalue weighted by Crippen LogP contribution is 2.10. The monoisotopic (exact) mass is 378 g/mol. The number of hydrogen-bond acceptors (Lipinski definition) is 2. The second-order valence-electron chi connectivity index (χ2n) is 4.98. The Morgan fingerprint density at radius 1 is 0.957 bits per heavy atom. The van der Waals surface area contributed by atoms with E-state index in [2.05, 4.69) is 26.6 Å². The first-order chi connectivity index (χ1) is 11.0. The summed E-state index contributed by atoms with van der Waals surface area (Å²) < 4.78 is 14.3. The van der Waals surface area contributed by atoms with E-state index in [4.69, 9.17) is 0 Å². The van der Waals surface area contributed by atoms with Gasteiger partial charge in [-0.2, -0.15) is 0 Å². The number of halogens is 2. The minimum Gasteiger partial charge on any atom is -0.350 e. The summed E-state index contributed by atoms with van der Waals surface area (Å²) >= 11 is 3.30. The van der Waals surface area contributed by atoms with Gasteiger partial charge in [0, 0.05) is 28.7 Å². The van der Waals surface area contributed by atoms with Crippen molar-refractivity contribution in [2.75, 3.05) is 13.1 Å². The Balaban J connectivity index is 1.78. The molecular formula is C17H16BrFN2O2. The molecule has 6 heteroatoms. The Kier molecular flexibility index (Phi) is 5.87. The van der Waals surface area contributed by atoms with E-state index >= 15 is 0 Å². The third-order valence-corrected chi connectivity index (χ3v) is 3.77. The maximum Gasteiger partial charge on any atom is 0.251 e. The highest BCUT2D eigenvalue weighted by Gasteiger charge is 2.08. The highest BCUT2D eigenvalue weighted by atomic mass is 79.9. The van der Waals surface area contributed by atoms with Crippen molar-refractivity contribution in [2.45, 2.75) is 6.92 Å². The summed E-state index contributed by atoms with van der Waals surface area (Å²) in [6.45, 7) is 2.18. The lowest BCUT2D eigenvalue weighted by Crippen LogP contribution is -2.34. The zero-order valence-electron chi connectivity index (χ0n) is 12.5. The normalized spacial score (nSPS) is 10.2. The topological polar surface area (TPSA) is 58.2 Å². The van der Waals surface area contributed by atoms with Gasteiger partial charge in [0.2, 0.25) is 0 Å². The third-order valence-electron chi connectivity index (χ3n) is 3.24. The number of aryl methyl sites for hydroxylation is 1. The minimum atomic E-state index is -0.416. The molecule has 0 aromatic heterocycles. The van der Waals surface area contributed by atoms with E-state index in [-0.39, 0.29) is 30.5 Å². The zero-order chi connectivity index (χ0) is 16.8. The molecule has 2 aromatic rings. The Labute approximate surface area is 142 Å². The standard InChI is InChI=1S/C17H16BrFN2O2/c1-11-2-3-13(10-15(11)19)17(23)21-9-8-20-16(22)12-4-6-14(18)7-5-12/h2-7,10H,8-9H2,1H3,(H,20,22)(H,21,23). The number of carbonyl (C=O) groups excluding carboxylic acids is 2. The molecule has 0 aliphatic heterocycles. The molecule has 2 rings (SSSR count). The number of rotatable bonds is 5. The van der Waals surface area contributed by atoms with Gasteiger partial charge in [-0.15, -0.1) is 0 Å². The lowest BCUT2D eigenvalue weighted by Gasteiger charge is -2.08. The van der Waals surface area contributed by atoms with E-state index in [0.717, 1.165) is 4.47 Å². The van der Waals surface area contributed by atoms with Crippen molar-refractivity contribution in [2.24, 2.45) is 0 Å². The second kappa shape index (κ2) is 7.87. The van der Waals surface area contributed by atoms with Crippen LogP contribution in [0.3, 0.4) is 0 Å². The lowest BCUT2D eigenvalue weighted by molar-refractivity contribution is 0.0927. The molecule has 0 heterocycles. The summed E-state index contributed by atoms with van der Waals surface area (Å²) in [5, 5.41) is 5.34. The fraction of sp³-hybridized carbons (Fsp3) is 0.176. The predicted molar refractivity (Wildman–Crippen MR) is 89.9 cm³/mol.